The normalized spacial score (nSPS) is 10.5. The van der Waals surface area contributed by atoms with Crippen LogP contribution in [0.15, 0.2) is 30.3 Å². The van der Waals surface area contributed by atoms with Gasteiger partial charge in [-0.3, -0.25) is 4.98 Å². The number of halogens is 1. The predicted molar refractivity (Wildman–Crippen MR) is 75.4 cm³/mol. The SMILES string of the molecule is Cc1ccc(COc2ccc(C)nc2CO)c(Cl)c1. The van der Waals surface area contributed by atoms with Crippen molar-refractivity contribution in [1.29, 1.82) is 0 Å². The first-order valence-electron chi connectivity index (χ1n) is 6.05. The molecule has 100 valence electrons. The van der Waals surface area contributed by atoms with Gasteiger partial charge in [0.1, 0.15) is 18.1 Å². The molecule has 1 aromatic carbocycles. The van der Waals surface area contributed by atoms with E-state index in [0.29, 0.717) is 23.1 Å². The molecule has 0 aliphatic carbocycles. The van der Waals surface area contributed by atoms with Crippen LogP contribution in [0.2, 0.25) is 5.02 Å². The summed E-state index contributed by atoms with van der Waals surface area (Å²) >= 11 is 6.15. The maximum absolute atomic E-state index is 9.26. The standard InChI is InChI=1S/C15H16ClNO2/c1-10-3-5-12(13(16)7-10)9-19-15-6-4-11(2)17-14(15)8-18/h3-7,18H,8-9H2,1-2H3. The van der Waals surface area contributed by atoms with Crippen LogP contribution >= 0.6 is 11.6 Å². The zero-order valence-electron chi connectivity index (χ0n) is 11.0. The lowest BCUT2D eigenvalue weighted by molar-refractivity contribution is 0.253. The Balaban J connectivity index is 2.14. The lowest BCUT2D eigenvalue weighted by Crippen LogP contribution is -2.02. The molecule has 0 radical (unpaired) electrons. The number of nitrogens with zero attached hydrogens (tertiary/aromatic N) is 1. The number of aliphatic hydroxyl groups is 1. The molecule has 4 heteroatoms. The lowest BCUT2D eigenvalue weighted by atomic mass is 10.1. The molecule has 0 saturated heterocycles. The van der Waals surface area contributed by atoms with Gasteiger partial charge in [0, 0.05) is 16.3 Å². The Morgan fingerprint density at radius 2 is 2.00 bits per heavy atom. The highest BCUT2D eigenvalue weighted by Gasteiger charge is 2.07. The molecule has 0 aliphatic rings. The summed E-state index contributed by atoms with van der Waals surface area (Å²) in [7, 11) is 0. The van der Waals surface area contributed by atoms with Gasteiger partial charge in [-0.25, -0.2) is 0 Å². The van der Waals surface area contributed by atoms with Gasteiger partial charge in [0.05, 0.1) is 6.61 Å². The third-order valence-corrected chi connectivity index (χ3v) is 3.17. The molecule has 0 spiro atoms. The molecular weight excluding hydrogens is 262 g/mol. The average molecular weight is 278 g/mol. The monoisotopic (exact) mass is 277 g/mol. The van der Waals surface area contributed by atoms with E-state index in [1.807, 2.05) is 44.2 Å². The molecule has 1 aromatic heterocycles. The summed E-state index contributed by atoms with van der Waals surface area (Å²) in [5.41, 5.74) is 3.42. The number of ether oxygens (including phenoxy) is 1. The molecule has 1 heterocycles. The fourth-order valence-electron chi connectivity index (χ4n) is 1.77. The van der Waals surface area contributed by atoms with Crippen LogP contribution in [-0.2, 0) is 13.2 Å². The van der Waals surface area contributed by atoms with Gasteiger partial charge in [0.2, 0.25) is 0 Å². The van der Waals surface area contributed by atoms with Gasteiger partial charge in [0.25, 0.3) is 0 Å². The van der Waals surface area contributed by atoms with Gasteiger partial charge in [-0.15, -0.1) is 0 Å². The van der Waals surface area contributed by atoms with Gasteiger partial charge < -0.3 is 9.84 Å². The second kappa shape index (κ2) is 6.04. The van der Waals surface area contributed by atoms with Crippen LogP contribution in [0.3, 0.4) is 0 Å². The van der Waals surface area contributed by atoms with Gasteiger partial charge in [-0.2, -0.15) is 0 Å². The van der Waals surface area contributed by atoms with Gasteiger partial charge in [-0.05, 0) is 37.6 Å². The minimum atomic E-state index is -0.140. The highest BCUT2D eigenvalue weighted by molar-refractivity contribution is 6.31. The Bertz CT molecular complexity index is 584. The summed E-state index contributed by atoms with van der Waals surface area (Å²) in [6, 6.07) is 9.50. The Kier molecular flexibility index (Phi) is 4.40. The number of rotatable bonds is 4. The topological polar surface area (TPSA) is 42.4 Å². The zero-order chi connectivity index (χ0) is 13.8. The Morgan fingerprint density at radius 3 is 2.68 bits per heavy atom. The van der Waals surface area contributed by atoms with Crippen molar-refractivity contribution in [2.24, 2.45) is 0 Å². The number of hydrogen-bond donors (Lipinski definition) is 1. The maximum atomic E-state index is 9.26. The molecule has 0 bridgehead atoms. The van der Waals surface area contributed by atoms with Crippen LogP contribution in [0.5, 0.6) is 5.75 Å². The molecule has 2 rings (SSSR count). The molecule has 0 fully saturated rings. The van der Waals surface area contributed by atoms with E-state index >= 15 is 0 Å². The second-order valence-corrected chi connectivity index (χ2v) is 4.85. The minimum absolute atomic E-state index is 0.140. The Morgan fingerprint density at radius 1 is 1.21 bits per heavy atom. The van der Waals surface area contributed by atoms with Crippen LogP contribution in [0, 0.1) is 13.8 Å². The van der Waals surface area contributed by atoms with Crippen molar-refractivity contribution in [3.8, 4) is 5.75 Å². The molecule has 3 nitrogen and oxygen atoms in total. The second-order valence-electron chi connectivity index (χ2n) is 4.44. The van der Waals surface area contributed by atoms with Crippen LogP contribution in [0.4, 0.5) is 0 Å². The predicted octanol–water partition coefficient (Wildman–Crippen LogP) is 3.42. The first-order chi connectivity index (χ1) is 9.10. The lowest BCUT2D eigenvalue weighted by Gasteiger charge is -2.11. The maximum Gasteiger partial charge on any atom is 0.143 e. The number of hydrogen-bond acceptors (Lipinski definition) is 3. The summed E-state index contributed by atoms with van der Waals surface area (Å²) in [6.45, 7) is 4.08. The van der Waals surface area contributed by atoms with Gasteiger partial charge >= 0.3 is 0 Å². The fourth-order valence-corrected chi connectivity index (χ4v) is 2.06. The number of aromatic nitrogens is 1. The molecule has 0 saturated carbocycles. The van der Waals surface area contributed by atoms with Crippen molar-refractivity contribution in [3.05, 3.63) is 57.9 Å². The van der Waals surface area contributed by atoms with Crippen LogP contribution in [0.25, 0.3) is 0 Å². The van der Waals surface area contributed by atoms with E-state index < -0.39 is 0 Å². The van der Waals surface area contributed by atoms with Gasteiger partial charge in [-0.1, -0.05) is 23.7 Å². The van der Waals surface area contributed by atoms with Crippen LogP contribution in [-0.4, -0.2) is 10.1 Å². The van der Waals surface area contributed by atoms with E-state index in [4.69, 9.17) is 16.3 Å². The minimum Gasteiger partial charge on any atom is -0.487 e. The molecule has 0 amide bonds. The van der Waals surface area contributed by atoms with E-state index in [9.17, 15) is 5.11 Å². The molecule has 1 N–H and O–H groups in total. The quantitative estimate of drug-likeness (QED) is 0.931. The molecule has 19 heavy (non-hydrogen) atoms. The van der Waals surface area contributed by atoms with Crippen LogP contribution < -0.4 is 4.74 Å². The van der Waals surface area contributed by atoms with Gasteiger partial charge in [0.15, 0.2) is 0 Å². The molecule has 0 aliphatic heterocycles. The van der Waals surface area contributed by atoms with Crippen LogP contribution in [0.1, 0.15) is 22.5 Å². The largest absolute Gasteiger partial charge is 0.487 e. The molecule has 0 unspecified atom stereocenters. The van der Waals surface area contributed by atoms with E-state index in [0.717, 1.165) is 16.8 Å². The van der Waals surface area contributed by atoms with Crippen molar-refractivity contribution in [2.75, 3.05) is 0 Å². The molecule has 0 atom stereocenters. The number of benzene rings is 1. The summed E-state index contributed by atoms with van der Waals surface area (Å²) in [4.78, 5) is 4.23. The van der Waals surface area contributed by atoms with Crippen molar-refractivity contribution in [3.63, 3.8) is 0 Å². The summed E-state index contributed by atoms with van der Waals surface area (Å²) in [5, 5.41) is 9.95. The highest BCUT2D eigenvalue weighted by atomic mass is 35.5. The zero-order valence-corrected chi connectivity index (χ0v) is 11.7. The summed E-state index contributed by atoms with van der Waals surface area (Å²) in [6.07, 6.45) is 0. The van der Waals surface area contributed by atoms with Crippen molar-refractivity contribution < 1.29 is 9.84 Å². The smallest absolute Gasteiger partial charge is 0.143 e. The van der Waals surface area contributed by atoms with E-state index in [2.05, 4.69) is 4.98 Å². The first-order valence-corrected chi connectivity index (χ1v) is 6.43. The third-order valence-electron chi connectivity index (χ3n) is 2.81. The first kappa shape index (κ1) is 13.8. The van der Waals surface area contributed by atoms with Crippen molar-refractivity contribution in [1.82, 2.24) is 4.98 Å². The number of pyridine rings is 1. The number of aliphatic hydroxyl groups excluding tert-OH is 1. The Hall–Kier alpha value is -1.58. The van der Waals surface area contributed by atoms with E-state index in [1.165, 1.54) is 0 Å². The van der Waals surface area contributed by atoms with E-state index in [-0.39, 0.29) is 6.61 Å². The summed E-state index contributed by atoms with van der Waals surface area (Å²) < 4.78 is 5.68. The molecule has 2 aromatic rings. The molecular formula is C15H16ClNO2. The summed E-state index contributed by atoms with van der Waals surface area (Å²) in [5.74, 6) is 0.588. The Labute approximate surface area is 117 Å². The van der Waals surface area contributed by atoms with Crippen molar-refractivity contribution in [2.45, 2.75) is 27.1 Å². The van der Waals surface area contributed by atoms with Crippen molar-refractivity contribution >= 4 is 11.6 Å². The third kappa shape index (κ3) is 3.46. The highest BCUT2D eigenvalue weighted by Crippen LogP contribution is 2.22. The number of aryl methyl sites for hydroxylation is 2. The fraction of sp³-hybridized carbons (Fsp3) is 0.267. The average Bonchev–Trinajstić information content (AvgIpc) is 2.39. The van der Waals surface area contributed by atoms with E-state index in [1.54, 1.807) is 0 Å².